The monoisotopic (exact) mass is 566 g/mol. The molecule has 2 aromatic carbocycles. The van der Waals surface area contributed by atoms with E-state index in [1.54, 1.807) is 18.2 Å². The van der Waals surface area contributed by atoms with E-state index in [1.807, 2.05) is 24.0 Å². The number of carbonyl (C=O) groups is 1. The molecule has 0 saturated carbocycles. The lowest BCUT2D eigenvalue weighted by atomic mass is 9.76. The summed E-state index contributed by atoms with van der Waals surface area (Å²) in [5.41, 5.74) is 0.378. The van der Waals surface area contributed by atoms with Crippen molar-refractivity contribution in [2.75, 3.05) is 60.2 Å². The minimum absolute atomic E-state index is 0.0370. The molecule has 0 radical (unpaired) electrons. The largest absolute Gasteiger partial charge is 0.497 e. The number of sulfonamides is 1. The van der Waals surface area contributed by atoms with Crippen molar-refractivity contribution in [1.82, 2.24) is 9.21 Å². The van der Waals surface area contributed by atoms with Crippen LogP contribution in [0.5, 0.6) is 17.2 Å². The first-order valence-corrected chi connectivity index (χ1v) is 14.5. The number of morpholine rings is 1. The molecule has 2 aliphatic rings. The number of rotatable bonds is 9. The highest BCUT2D eigenvalue weighted by molar-refractivity contribution is 7.89. The van der Waals surface area contributed by atoms with E-state index < -0.39 is 15.4 Å². The summed E-state index contributed by atoms with van der Waals surface area (Å²) in [4.78, 5) is 15.2. The third kappa shape index (κ3) is 6.36. The summed E-state index contributed by atoms with van der Waals surface area (Å²) in [5.74, 6) is 1.39. The zero-order chi connectivity index (χ0) is 27.3. The van der Waals surface area contributed by atoms with Gasteiger partial charge in [0.15, 0.2) is 0 Å². The number of benzene rings is 2. The standard InChI is InChI=1S/C27H35ClN2O7S/c1-20-16-22(4-6-23(20)28)37-19-27(18-26(31)29-12-14-36-15-13-29)8-10-30(11-9-27)38(32,33)25-17-21(34-2)5-7-24(25)35-3/h4-7,16-17H,8-15,18-19H2,1-3H3. The fraction of sp³-hybridized carbons (Fsp3) is 0.519. The van der Waals surface area contributed by atoms with E-state index in [1.165, 1.54) is 24.6 Å². The lowest BCUT2D eigenvalue weighted by molar-refractivity contribution is -0.139. The first-order valence-electron chi connectivity index (χ1n) is 12.6. The first kappa shape index (κ1) is 28.5. The van der Waals surface area contributed by atoms with Crippen molar-refractivity contribution in [3.05, 3.63) is 47.0 Å². The molecule has 0 N–H and O–H groups in total. The van der Waals surface area contributed by atoms with Gasteiger partial charge in [-0.1, -0.05) is 11.6 Å². The minimum Gasteiger partial charge on any atom is -0.497 e. The number of piperidine rings is 1. The molecule has 0 aliphatic carbocycles. The molecular formula is C27H35ClN2O7S. The predicted octanol–water partition coefficient (Wildman–Crippen LogP) is 3.76. The highest BCUT2D eigenvalue weighted by Crippen LogP contribution is 2.40. The molecule has 0 spiro atoms. The van der Waals surface area contributed by atoms with Crippen LogP contribution in [0.15, 0.2) is 41.3 Å². The van der Waals surface area contributed by atoms with Crippen LogP contribution in [0.25, 0.3) is 0 Å². The normalized spacial score (nSPS) is 18.2. The number of halogens is 1. The van der Waals surface area contributed by atoms with E-state index in [4.69, 9.17) is 30.5 Å². The van der Waals surface area contributed by atoms with Crippen molar-refractivity contribution in [2.45, 2.75) is 31.1 Å². The third-order valence-electron chi connectivity index (χ3n) is 7.34. The number of hydrogen-bond donors (Lipinski definition) is 0. The summed E-state index contributed by atoms with van der Waals surface area (Å²) in [6.07, 6.45) is 1.22. The molecule has 0 bridgehead atoms. The molecule has 2 aromatic rings. The smallest absolute Gasteiger partial charge is 0.246 e. The summed E-state index contributed by atoms with van der Waals surface area (Å²) in [7, 11) is -0.926. The number of nitrogens with zero attached hydrogens (tertiary/aromatic N) is 2. The molecule has 0 unspecified atom stereocenters. The van der Waals surface area contributed by atoms with E-state index in [0.717, 1.165) is 5.56 Å². The second-order valence-corrected chi connectivity index (χ2v) is 12.1. The predicted molar refractivity (Wildman–Crippen MR) is 144 cm³/mol. The summed E-state index contributed by atoms with van der Waals surface area (Å²) in [6.45, 7) is 4.86. The fourth-order valence-electron chi connectivity index (χ4n) is 4.89. The van der Waals surface area contributed by atoms with Crippen molar-refractivity contribution >= 4 is 27.5 Å². The van der Waals surface area contributed by atoms with Gasteiger partial charge >= 0.3 is 0 Å². The second kappa shape index (κ2) is 12.1. The highest BCUT2D eigenvalue weighted by Gasteiger charge is 2.42. The summed E-state index contributed by atoms with van der Waals surface area (Å²) in [6, 6.07) is 10.2. The molecular weight excluding hydrogens is 532 g/mol. The molecule has 2 saturated heterocycles. The minimum atomic E-state index is -3.85. The lowest BCUT2D eigenvalue weighted by Gasteiger charge is -2.42. The number of ether oxygens (including phenoxy) is 4. The molecule has 2 aliphatic heterocycles. The van der Waals surface area contributed by atoms with Crippen LogP contribution in [-0.4, -0.2) is 83.7 Å². The van der Waals surface area contributed by atoms with Gasteiger partial charge in [-0.2, -0.15) is 4.31 Å². The molecule has 2 heterocycles. The third-order valence-corrected chi connectivity index (χ3v) is 9.68. The Balaban J connectivity index is 1.54. The Morgan fingerprint density at radius 3 is 2.32 bits per heavy atom. The van der Waals surface area contributed by atoms with Crippen molar-refractivity contribution in [3.8, 4) is 17.2 Å². The van der Waals surface area contributed by atoms with Gasteiger partial charge in [-0.25, -0.2) is 8.42 Å². The Hall–Kier alpha value is -2.53. The second-order valence-electron chi connectivity index (χ2n) is 9.79. The van der Waals surface area contributed by atoms with Crippen molar-refractivity contribution in [2.24, 2.45) is 5.41 Å². The quantitative estimate of drug-likeness (QED) is 0.456. The van der Waals surface area contributed by atoms with Crippen molar-refractivity contribution in [3.63, 3.8) is 0 Å². The van der Waals surface area contributed by atoms with Gasteiger partial charge < -0.3 is 23.8 Å². The van der Waals surface area contributed by atoms with Crippen LogP contribution < -0.4 is 14.2 Å². The summed E-state index contributed by atoms with van der Waals surface area (Å²) in [5, 5.41) is 0.654. The first-order chi connectivity index (χ1) is 18.2. The van der Waals surface area contributed by atoms with Crippen LogP contribution in [0.2, 0.25) is 5.02 Å². The van der Waals surface area contributed by atoms with E-state index in [9.17, 15) is 13.2 Å². The van der Waals surface area contributed by atoms with Crippen LogP contribution in [0.1, 0.15) is 24.8 Å². The number of aryl methyl sites for hydroxylation is 1. The van der Waals surface area contributed by atoms with Gasteiger partial charge in [0.05, 0.1) is 34.0 Å². The van der Waals surface area contributed by atoms with Crippen molar-refractivity contribution in [1.29, 1.82) is 0 Å². The number of hydrogen-bond acceptors (Lipinski definition) is 7. The average Bonchev–Trinajstić information content (AvgIpc) is 2.94. The van der Waals surface area contributed by atoms with Crippen LogP contribution in [0.4, 0.5) is 0 Å². The molecule has 208 valence electrons. The average molecular weight is 567 g/mol. The molecule has 0 aromatic heterocycles. The van der Waals surface area contributed by atoms with Gasteiger partial charge in [0, 0.05) is 49.1 Å². The zero-order valence-corrected chi connectivity index (χ0v) is 23.6. The lowest BCUT2D eigenvalue weighted by Crippen LogP contribution is -2.49. The zero-order valence-electron chi connectivity index (χ0n) is 22.1. The van der Waals surface area contributed by atoms with E-state index in [-0.39, 0.29) is 36.1 Å². The Kier molecular flexibility index (Phi) is 9.07. The number of amides is 1. The molecule has 9 nitrogen and oxygen atoms in total. The van der Waals surface area contributed by atoms with Crippen LogP contribution >= 0.6 is 11.6 Å². The fourth-order valence-corrected chi connectivity index (χ4v) is 6.62. The van der Waals surface area contributed by atoms with Crippen LogP contribution in [-0.2, 0) is 19.6 Å². The Morgan fingerprint density at radius 1 is 1.00 bits per heavy atom. The Bertz CT molecular complexity index is 1240. The molecule has 2 fully saturated rings. The maximum Gasteiger partial charge on any atom is 0.246 e. The van der Waals surface area contributed by atoms with Gasteiger partial charge in [0.2, 0.25) is 15.9 Å². The van der Waals surface area contributed by atoms with E-state index in [2.05, 4.69) is 0 Å². The van der Waals surface area contributed by atoms with Crippen LogP contribution in [0.3, 0.4) is 0 Å². The molecule has 38 heavy (non-hydrogen) atoms. The molecule has 1 amide bonds. The number of methoxy groups -OCH3 is 2. The maximum absolute atomic E-state index is 13.6. The topological polar surface area (TPSA) is 94.6 Å². The van der Waals surface area contributed by atoms with Gasteiger partial charge in [0.25, 0.3) is 0 Å². The summed E-state index contributed by atoms with van der Waals surface area (Å²) >= 11 is 6.17. The van der Waals surface area contributed by atoms with Crippen LogP contribution in [0, 0.1) is 12.3 Å². The van der Waals surface area contributed by atoms with Gasteiger partial charge in [0.1, 0.15) is 22.1 Å². The maximum atomic E-state index is 13.6. The van der Waals surface area contributed by atoms with Gasteiger partial charge in [-0.15, -0.1) is 0 Å². The SMILES string of the molecule is COc1ccc(OC)c(S(=O)(=O)N2CCC(COc3ccc(Cl)c(C)c3)(CC(=O)N3CCOCC3)CC2)c1. The highest BCUT2D eigenvalue weighted by atomic mass is 35.5. The van der Waals surface area contributed by atoms with E-state index in [0.29, 0.717) is 62.3 Å². The van der Waals surface area contributed by atoms with Gasteiger partial charge in [-0.3, -0.25) is 4.79 Å². The van der Waals surface area contributed by atoms with Crippen molar-refractivity contribution < 1.29 is 32.2 Å². The molecule has 0 atom stereocenters. The van der Waals surface area contributed by atoms with E-state index >= 15 is 0 Å². The van der Waals surface area contributed by atoms with Gasteiger partial charge in [-0.05, 0) is 55.7 Å². The number of carbonyl (C=O) groups excluding carboxylic acids is 1. The Morgan fingerprint density at radius 2 is 1.68 bits per heavy atom. The molecule has 11 heteroatoms. The summed E-state index contributed by atoms with van der Waals surface area (Å²) < 4.78 is 50.9. The Labute approximate surface area is 229 Å². The molecule has 4 rings (SSSR count).